The number of hydrazone groups is 1. The lowest BCUT2D eigenvalue weighted by atomic mass is 10.2. The number of carbonyl (C=O) groups excluding carboxylic acids is 1. The zero-order chi connectivity index (χ0) is 24.9. The van der Waals surface area contributed by atoms with Crippen LogP contribution in [0.15, 0.2) is 73.1 Å². The first-order valence-corrected chi connectivity index (χ1v) is 14.1. The summed E-state index contributed by atoms with van der Waals surface area (Å²) >= 11 is 11.4. The molecule has 0 spiro atoms. The van der Waals surface area contributed by atoms with Crippen molar-refractivity contribution in [3.63, 3.8) is 0 Å². The Balaban J connectivity index is 1.47. The molecule has 1 amide bonds. The number of ether oxygens (including phenoxy) is 2. The van der Waals surface area contributed by atoms with Gasteiger partial charge >= 0.3 is 5.91 Å². The van der Waals surface area contributed by atoms with E-state index in [0.29, 0.717) is 30.3 Å². The summed E-state index contributed by atoms with van der Waals surface area (Å²) in [5.74, 6) is 1.01. The van der Waals surface area contributed by atoms with Crippen molar-refractivity contribution >= 4 is 100 Å². The van der Waals surface area contributed by atoms with E-state index in [2.05, 4.69) is 87.6 Å². The Morgan fingerprint density at radius 1 is 1.09 bits per heavy atom. The van der Waals surface area contributed by atoms with Crippen LogP contribution in [0.25, 0.3) is 11.0 Å². The van der Waals surface area contributed by atoms with Crippen molar-refractivity contribution < 1.29 is 18.7 Å². The Kier molecular flexibility index (Phi) is 9.11. The maximum Gasteiger partial charge on any atom is 0.307 e. The predicted molar refractivity (Wildman–Crippen MR) is 160 cm³/mol. The fraction of sp³-hybridized carbons (Fsp3) is 0.120. The molecule has 0 unspecified atom stereocenters. The summed E-state index contributed by atoms with van der Waals surface area (Å²) in [7, 11) is 0. The molecule has 0 aliphatic rings. The van der Waals surface area contributed by atoms with Crippen LogP contribution in [0.4, 0.5) is 0 Å². The maximum atomic E-state index is 12.5. The number of furan rings is 1. The number of nitrogens with zero attached hydrogens (tertiary/aromatic N) is 1. The van der Waals surface area contributed by atoms with Crippen LogP contribution in [-0.4, -0.2) is 18.7 Å². The van der Waals surface area contributed by atoms with Crippen LogP contribution in [0, 0.1) is 7.14 Å². The molecule has 0 saturated carbocycles. The topological polar surface area (TPSA) is 73.1 Å². The second-order valence-electron chi connectivity index (χ2n) is 7.29. The molecule has 0 radical (unpaired) electrons. The smallest absolute Gasteiger partial charge is 0.307 e. The van der Waals surface area contributed by atoms with Gasteiger partial charge in [0.05, 0.1) is 20.9 Å². The summed E-state index contributed by atoms with van der Waals surface area (Å²) in [5.41, 5.74) is 4.94. The van der Waals surface area contributed by atoms with Crippen LogP contribution in [0.2, 0.25) is 0 Å². The molecule has 10 heteroatoms. The van der Waals surface area contributed by atoms with Gasteiger partial charge in [0.1, 0.15) is 12.2 Å². The molecule has 0 bridgehead atoms. The molecule has 1 aromatic heterocycles. The van der Waals surface area contributed by atoms with Gasteiger partial charge < -0.3 is 13.9 Å². The van der Waals surface area contributed by atoms with Crippen LogP contribution in [0.1, 0.15) is 28.6 Å². The molecule has 180 valence electrons. The van der Waals surface area contributed by atoms with Crippen molar-refractivity contribution in [2.24, 2.45) is 5.10 Å². The normalized spacial score (nSPS) is 11.2. The van der Waals surface area contributed by atoms with Crippen molar-refractivity contribution in [2.45, 2.75) is 13.5 Å². The summed E-state index contributed by atoms with van der Waals surface area (Å²) in [6.07, 6.45) is 1.56. The minimum absolute atomic E-state index is 0.167. The highest BCUT2D eigenvalue weighted by Crippen LogP contribution is 2.35. The third-order valence-corrected chi connectivity index (χ3v) is 7.33. The number of halogens is 4. The number of rotatable bonds is 8. The number of fused-ring (bicyclic) bond motifs is 1. The lowest BCUT2D eigenvalue weighted by molar-refractivity contribution is 0.0929. The molecule has 0 fully saturated rings. The Morgan fingerprint density at radius 2 is 1.86 bits per heavy atom. The van der Waals surface area contributed by atoms with Gasteiger partial charge in [-0.25, -0.2) is 5.43 Å². The number of hydrogen-bond donors (Lipinski definition) is 1. The first-order chi connectivity index (χ1) is 16.8. The summed E-state index contributed by atoms with van der Waals surface area (Å²) < 4.78 is 21.3. The molecule has 4 aromatic rings. The van der Waals surface area contributed by atoms with E-state index in [1.807, 2.05) is 55.5 Å². The molecule has 0 atom stereocenters. The van der Waals surface area contributed by atoms with Crippen molar-refractivity contribution in [3.8, 4) is 11.5 Å². The lowest BCUT2D eigenvalue weighted by Gasteiger charge is -2.14. The zero-order valence-corrected chi connectivity index (χ0v) is 25.8. The van der Waals surface area contributed by atoms with Gasteiger partial charge in [0.15, 0.2) is 17.3 Å². The van der Waals surface area contributed by atoms with Gasteiger partial charge in [-0.3, -0.25) is 4.79 Å². The molecular weight excluding hydrogens is 806 g/mol. The van der Waals surface area contributed by atoms with Crippen molar-refractivity contribution in [3.05, 3.63) is 87.6 Å². The molecule has 35 heavy (non-hydrogen) atoms. The van der Waals surface area contributed by atoms with E-state index < -0.39 is 5.91 Å². The number of nitrogens with one attached hydrogen (secondary N) is 1. The molecule has 4 rings (SSSR count). The Labute approximate surface area is 246 Å². The quantitative estimate of drug-likeness (QED) is 0.112. The van der Waals surface area contributed by atoms with E-state index in [1.54, 1.807) is 12.3 Å². The summed E-state index contributed by atoms with van der Waals surface area (Å²) in [6.45, 7) is 2.84. The van der Waals surface area contributed by atoms with E-state index in [1.165, 1.54) is 3.57 Å². The SMILES string of the molecule is CCOc1cc(/C=N\NC(=O)c2cc3cc(Br)cc(Br)c3o2)cc(I)c1OCc1ccc(I)cc1. The van der Waals surface area contributed by atoms with Gasteiger partial charge in [0, 0.05) is 13.4 Å². The molecule has 1 heterocycles. The Bertz CT molecular complexity index is 1410. The van der Waals surface area contributed by atoms with E-state index in [4.69, 9.17) is 13.9 Å². The van der Waals surface area contributed by atoms with Crippen LogP contribution in [0.3, 0.4) is 0 Å². The van der Waals surface area contributed by atoms with E-state index >= 15 is 0 Å². The monoisotopic (exact) mass is 822 g/mol. The Morgan fingerprint density at radius 3 is 2.60 bits per heavy atom. The maximum absolute atomic E-state index is 12.5. The van der Waals surface area contributed by atoms with Crippen LogP contribution in [-0.2, 0) is 6.61 Å². The highest BCUT2D eigenvalue weighted by atomic mass is 127. The fourth-order valence-corrected chi connectivity index (χ4v) is 5.69. The van der Waals surface area contributed by atoms with Gasteiger partial charge in [-0.05, 0) is 122 Å². The largest absolute Gasteiger partial charge is 0.490 e. The molecule has 0 saturated heterocycles. The second kappa shape index (κ2) is 12.1. The number of amides is 1. The van der Waals surface area contributed by atoms with Gasteiger partial charge in [-0.15, -0.1) is 0 Å². The van der Waals surface area contributed by atoms with Gasteiger partial charge in [-0.1, -0.05) is 28.1 Å². The van der Waals surface area contributed by atoms with Gasteiger partial charge in [0.25, 0.3) is 0 Å². The third kappa shape index (κ3) is 6.77. The second-order valence-corrected chi connectivity index (χ2v) is 11.5. The van der Waals surface area contributed by atoms with Gasteiger partial charge in [-0.2, -0.15) is 5.10 Å². The summed E-state index contributed by atoms with van der Waals surface area (Å²) in [5, 5.41) is 4.90. The molecular formula is C25H18Br2I2N2O4. The minimum atomic E-state index is -0.447. The number of benzene rings is 3. The van der Waals surface area contributed by atoms with E-state index in [0.717, 1.165) is 29.0 Å². The molecule has 0 aliphatic heterocycles. The first-order valence-electron chi connectivity index (χ1n) is 10.4. The molecule has 0 aliphatic carbocycles. The average Bonchev–Trinajstić information content (AvgIpc) is 3.24. The third-order valence-electron chi connectivity index (χ3n) is 4.77. The number of carbonyl (C=O) groups is 1. The average molecular weight is 824 g/mol. The molecule has 1 N–H and O–H groups in total. The van der Waals surface area contributed by atoms with Crippen molar-refractivity contribution in [2.75, 3.05) is 6.61 Å². The molecule has 3 aromatic carbocycles. The van der Waals surface area contributed by atoms with Crippen LogP contribution < -0.4 is 14.9 Å². The first kappa shape index (κ1) is 26.4. The fourth-order valence-electron chi connectivity index (χ4n) is 3.21. The zero-order valence-electron chi connectivity index (χ0n) is 18.3. The Hall–Kier alpha value is -1.64. The van der Waals surface area contributed by atoms with E-state index in [9.17, 15) is 4.79 Å². The summed E-state index contributed by atoms with van der Waals surface area (Å²) in [4.78, 5) is 12.5. The predicted octanol–water partition coefficient (Wildman–Crippen LogP) is 7.91. The van der Waals surface area contributed by atoms with Crippen LogP contribution in [0.5, 0.6) is 11.5 Å². The minimum Gasteiger partial charge on any atom is -0.490 e. The summed E-state index contributed by atoms with van der Waals surface area (Å²) in [6, 6.07) is 17.3. The lowest BCUT2D eigenvalue weighted by Crippen LogP contribution is -2.16. The van der Waals surface area contributed by atoms with Crippen molar-refractivity contribution in [1.82, 2.24) is 5.43 Å². The standard InChI is InChI=1S/C25H18Br2I2N2O4/c1-2-33-21-8-15(7-20(29)24(21)34-13-14-3-5-18(28)6-4-14)12-30-31-25(32)22-10-16-9-17(26)11-19(27)23(16)35-22/h3-12H,2,13H2,1H3,(H,31,32)/b30-12-. The van der Waals surface area contributed by atoms with Crippen molar-refractivity contribution in [1.29, 1.82) is 0 Å². The van der Waals surface area contributed by atoms with E-state index in [-0.39, 0.29) is 5.76 Å². The van der Waals surface area contributed by atoms with Crippen LogP contribution >= 0.6 is 77.0 Å². The number of hydrogen-bond acceptors (Lipinski definition) is 5. The van der Waals surface area contributed by atoms with Gasteiger partial charge in [0.2, 0.25) is 0 Å². The highest BCUT2D eigenvalue weighted by molar-refractivity contribution is 14.1. The molecule has 6 nitrogen and oxygen atoms in total. The highest BCUT2D eigenvalue weighted by Gasteiger charge is 2.15.